The van der Waals surface area contributed by atoms with Gasteiger partial charge in [0.1, 0.15) is 12.4 Å². The number of nitrogens with zero attached hydrogens (tertiary/aromatic N) is 2. The van der Waals surface area contributed by atoms with Crippen LogP contribution in [0.5, 0.6) is 0 Å². The molecule has 0 aliphatic heterocycles. The number of carboxylic acids is 1. The van der Waals surface area contributed by atoms with E-state index in [9.17, 15) is 22.7 Å². The van der Waals surface area contributed by atoms with Gasteiger partial charge in [0.15, 0.2) is 0 Å². The number of rotatable bonds is 11. The van der Waals surface area contributed by atoms with Crippen LogP contribution in [0.25, 0.3) is 10.8 Å². The fraction of sp³-hybridized carbons (Fsp3) is 0.615. The molecule has 0 bridgehead atoms. The quantitative estimate of drug-likeness (QED) is 0.248. The predicted molar refractivity (Wildman–Crippen MR) is 140 cm³/mol. The van der Waals surface area contributed by atoms with E-state index in [-0.39, 0.29) is 31.0 Å². The van der Waals surface area contributed by atoms with E-state index in [2.05, 4.69) is 24.6 Å². The molecule has 10 heteroatoms. The van der Waals surface area contributed by atoms with Crippen LogP contribution in [0.3, 0.4) is 0 Å². The standard InChI is InChI=1S/C26H37FN2O5SSi/c1-26(2,27)15-29(16-34-8-9-36(3,4)5)35(32,33)24-21-12-19(25(30)31)10-18(21)11-20-14-28-23(13-22(20)24)17-6-7-17/h11,13-14,17,19H,6-10,12,15-16H2,1-5H3,(H,30,31). The van der Waals surface area contributed by atoms with Gasteiger partial charge in [-0.25, -0.2) is 12.8 Å². The lowest BCUT2D eigenvalue weighted by atomic mass is 10.0. The number of benzene rings is 1. The summed E-state index contributed by atoms with van der Waals surface area (Å²) >= 11 is 0. The molecule has 0 spiro atoms. The topological polar surface area (TPSA) is 96.8 Å². The monoisotopic (exact) mass is 536 g/mol. The van der Waals surface area contributed by atoms with Crippen molar-refractivity contribution in [1.29, 1.82) is 0 Å². The Hall–Kier alpha value is -1.88. The van der Waals surface area contributed by atoms with E-state index in [1.54, 1.807) is 6.20 Å². The van der Waals surface area contributed by atoms with Crippen LogP contribution in [0.2, 0.25) is 25.7 Å². The lowest BCUT2D eigenvalue weighted by molar-refractivity contribution is -0.141. The zero-order chi connectivity index (χ0) is 26.5. The number of fused-ring (bicyclic) bond motifs is 2. The molecule has 0 radical (unpaired) electrons. The van der Waals surface area contributed by atoms with Crippen molar-refractivity contribution in [2.24, 2.45) is 5.92 Å². The summed E-state index contributed by atoms with van der Waals surface area (Å²) in [5.41, 5.74) is 0.281. The van der Waals surface area contributed by atoms with Crippen molar-refractivity contribution in [2.45, 2.75) is 81.7 Å². The van der Waals surface area contributed by atoms with Crippen LogP contribution in [0.4, 0.5) is 4.39 Å². The molecule has 2 aromatic rings. The number of aliphatic carboxylic acids is 1. The van der Waals surface area contributed by atoms with E-state index in [1.807, 2.05) is 12.1 Å². The van der Waals surface area contributed by atoms with Crippen molar-refractivity contribution in [1.82, 2.24) is 9.29 Å². The summed E-state index contributed by atoms with van der Waals surface area (Å²) in [5.74, 6) is -1.33. The number of carbonyl (C=O) groups is 1. The van der Waals surface area contributed by atoms with Crippen LogP contribution in [-0.4, -0.2) is 62.4 Å². The smallest absolute Gasteiger partial charge is 0.307 e. The summed E-state index contributed by atoms with van der Waals surface area (Å²) < 4.78 is 50.3. The molecule has 2 aliphatic rings. The Bertz CT molecular complexity index is 1270. The molecule has 1 N–H and O–H groups in total. The number of carboxylic acid groups (broad SMARTS) is 1. The molecule has 1 heterocycles. The first-order valence-electron chi connectivity index (χ1n) is 12.6. The van der Waals surface area contributed by atoms with Gasteiger partial charge in [0.05, 0.1) is 10.8 Å². The van der Waals surface area contributed by atoms with Crippen LogP contribution in [-0.2, 0) is 32.4 Å². The van der Waals surface area contributed by atoms with Gasteiger partial charge in [0.25, 0.3) is 0 Å². The Morgan fingerprint density at radius 1 is 1.25 bits per heavy atom. The molecular formula is C26H37FN2O5SSi. The van der Waals surface area contributed by atoms with Crippen LogP contribution in [0.15, 0.2) is 23.2 Å². The number of halogens is 1. The van der Waals surface area contributed by atoms with Gasteiger partial charge in [-0.15, -0.1) is 0 Å². The molecule has 1 aromatic carbocycles. The third kappa shape index (κ3) is 6.15. The minimum absolute atomic E-state index is 0.0843. The molecule has 2 aliphatic carbocycles. The summed E-state index contributed by atoms with van der Waals surface area (Å²) in [7, 11) is -5.61. The van der Waals surface area contributed by atoms with E-state index < -0.39 is 35.7 Å². The third-order valence-electron chi connectivity index (χ3n) is 6.84. The second-order valence-electron chi connectivity index (χ2n) is 12.1. The number of alkyl halides is 1. The lowest BCUT2D eigenvalue weighted by Crippen LogP contribution is -2.42. The average molecular weight is 537 g/mol. The van der Waals surface area contributed by atoms with E-state index in [1.165, 1.54) is 13.8 Å². The number of hydrogen-bond acceptors (Lipinski definition) is 5. The Morgan fingerprint density at radius 2 is 1.94 bits per heavy atom. The number of pyridine rings is 1. The normalized spacial score (nSPS) is 18.7. The van der Waals surface area contributed by atoms with Crippen molar-refractivity contribution in [3.63, 3.8) is 0 Å². The van der Waals surface area contributed by atoms with Crippen molar-refractivity contribution in [3.8, 4) is 0 Å². The number of hydrogen-bond donors (Lipinski definition) is 1. The molecule has 36 heavy (non-hydrogen) atoms. The maximum atomic E-state index is 14.9. The number of ether oxygens (including phenoxy) is 1. The van der Waals surface area contributed by atoms with Gasteiger partial charge in [-0.05, 0) is 68.8 Å². The Kier molecular flexibility index (Phi) is 7.37. The summed E-state index contributed by atoms with van der Waals surface area (Å²) in [6, 6.07) is 4.56. The maximum Gasteiger partial charge on any atom is 0.307 e. The van der Waals surface area contributed by atoms with Crippen LogP contribution < -0.4 is 0 Å². The van der Waals surface area contributed by atoms with E-state index >= 15 is 0 Å². The zero-order valence-electron chi connectivity index (χ0n) is 21.8. The largest absolute Gasteiger partial charge is 0.481 e. The van der Waals surface area contributed by atoms with Crippen LogP contribution in [0.1, 0.15) is 49.4 Å². The van der Waals surface area contributed by atoms with E-state index in [0.29, 0.717) is 34.4 Å². The van der Waals surface area contributed by atoms with Crippen molar-refractivity contribution in [2.75, 3.05) is 19.9 Å². The van der Waals surface area contributed by atoms with E-state index in [4.69, 9.17) is 4.74 Å². The first-order chi connectivity index (χ1) is 16.7. The first kappa shape index (κ1) is 27.2. The molecule has 4 rings (SSSR count). The molecule has 0 saturated heterocycles. The summed E-state index contributed by atoms with van der Waals surface area (Å²) in [6.45, 7) is 9.10. The second-order valence-corrected chi connectivity index (χ2v) is 19.6. The van der Waals surface area contributed by atoms with Gasteiger partial charge in [-0.3, -0.25) is 9.78 Å². The van der Waals surface area contributed by atoms with Gasteiger partial charge in [0.2, 0.25) is 10.0 Å². The minimum atomic E-state index is -4.21. The zero-order valence-corrected chi connectivity index (χ0v) is 23.6. The fourth-order valence-electron chi connectivity index (χ4n) is 4.73. The molecule has 1 fully saturated rings. The Morgan fingerprint density at radius 3 is 2.53 bits per heavy atom. The van der Waals surface area contributed by atoms with E-state index in [0.717, 1.165) is 28.9 Å². The molecule has 0 amide bonds. The van der Waals surface area contributed by atoms with Gasteiger partial charge in [-0.1, -0.05) is 19.6 Å². The fourth-order valence-corrected chi connectivity index (χ4v) is 7.42. The minimum Gasteiger partial charge on any atom is -0.481 e. The molecule has 1 atom stereocenters. The second kappa shape index (κ2) is 9.77. The van der Waals surface area contributed by atoms with Crippen LogP contribution >= 0.6 is 0 Å². The van der Waals surface area contributed by atoms with Gasteiger partial charge >= 0.3 is 5.97 Å². The summed E-state index contributed by atoms with van der Waals surface area (Å²) in [5, 5.41) is 10.9. The SMILES string of the molecule is CC(C)(F)CN(COCC[Si](C)(C)C)S(=O)(=O)c1c2c(cc3cnc(C4CC4)cc13)CC(C(=O)O)C2. The van der Waals surface area contributed by atoms with Crippen LogP contribution in [0, 0.1) is 5.92 Å². The molecule has 1 aromatic heterocycles. The average Bonchev–Trinajstić information content (AvgIpc) is 3.51. The third-order valence-corrected chi connectivity index (χ3v) is 10.4. The summed E-state index contributed by atoms with van der Waals surface area (Å²) in [6.07, 6.45) is 4.10. The Labute approximate surface area is 214 Å². The molecule has 1 unspecified atom stereocenters. The number of sulfonamides is 1. The molecule has 7 nitrogen and oxygen atoms in total. The summed E-state index contributed by atoms with van der Waals surface area (Å²) in [4.78, 5) is 16.5. The molecule has 1 saturated carbocycles. The van der Waals surface area contributed by atoms with Gasteiger partial charge < -0.3 is 9.84 Å². The predicted octanol–water partition coefficient (Wildman–Crippen LogP) is 4.96. The highest BCUT2D eigenvalue weighted by atomic mass is 32.2. The highest BCUT2D eigenvalue weighted by Crippen LogP contribution is 2.43. The van der Waals surface area contributed by atoms with Gasteiger partial charge in [0, 0.05) is 49.8 Å². The highest BCUT2D eigenvalue weighted by molar-refractivity contribution is 7.89. The first-order valence-corrected chi connectivity index (χ1v) is 17.7. The highest BCUT2D eigenvalue weighted by Gasteiger charge is 2.39. The molecular weight excluding hydrogens is 499 g/mol. The number of aromatic nitrogens is 1. The lowest BCUT2D eigenvalue weighted by Gasteiger charge is -2.28. The maximum absolute atomic E-state index is 14.9. The van der Waals surface area contributed by atoms with Gasteiger partial charge in [-0.2, -0.15) is 4.31 Å². The van der Waals surface area contributed by atoms with Crippen molar-refractivity contribution in [3.05, 3.63) is 35.2 Å². The molecule has 198 valence electrons. The van der Waals surface area contributed by atoms with Crippen molar-refractivity contribution >= 4 is 34.8 Å². The van der Waals surface area contributed by atoms with Crippen molar-refractivity contribution < 1.29 is 27.4 Å². The Balaban J connectivity index is 1.81.